The quantitative estimate of drug-likeness (QED) is 0.728. The molecule has 128 valence electrons. The second kappa shape index (κ2) is 8.15. The smallest absolute Gasteiger partial charge is 0.119 e. The van der Waals surface area contributed by atoms with Crippen molar-refractivity contribution in [3.63, 3.8) is 0 Å². The molecule has 1 heterocycles. The van der Waals surface area contributed by atoms with Crippen molar-refractivity contribution in [3.8, 4) is 11.5 Å². The SMILES string of the molecule is COc1ccc(C2NNCC2CNCc2cccc(OC)c2)cc1. The normalized spacial score (nSPS) is 20.1. The molecule has 5 nitrogen and oxygen atoms in total. The Morgan fingerprint density at radius 3 is 2.58 bits per heavy atom. The number of hydrazine groups is 1. The summed E-state index contributed by atoms with van der Waals surface area (Å²) in [4.78, 5) is 0. The predicted molar refractivity (Wildman–Crippen MR) is 95.1 cm³/mol. The van der Waals surface area contributed by atoms with E-state index in [1.54, 1.807) is 14.2 Å². The first-order chi connectivity index (χ1) is 11.8. The van der Waals surface area contributed by atoms with Gasteiger partial charge in [-0.3, -0.25) is 5.43 Å². The summed E-state index contributed by atoms with van der Waals surface area (Å²) in [5, 5.41) is 3.56. The van der Waals surface area contributed by atoms with Crippen molar-refractivity contribution in [1.29, 1.82) is 0 Å². The Morgan fingerprint density at radius 2 is 1.83 bits per heavy atom. The standard InChI is InChI=1S/C19H25N3O2/c1-23-17-8-6-15(7-9-17)19-16(13-21-22-19)12-20-11-14-4-3-5-18(10-14)24-2/h3-10,16,19-22H,11-13H2,1-2H3. The van der Waals surface area contributed by atoms with Crippen molar-refractivity contribution in [2.75, 3.05) is 27.3 Å². The highest BCUT2D eigenvalue weighted by Crippen LogP contribution is 2.26. The summed E-state index contributed by atoms with van der Waals surface area (Å²) in [5.41, 5.74) is 9.15. The number of hydrogen-bond donors (Lipinski definition) is 3. The van der Waals surface area contributed by atoms with E-state index in [4.69, 9.17) is 9.47 Å². The first-order valence-electron chi connectivity index (χ1n) is 8.26. The summed E-state index contributed by atoms with van der Waals surface area (Å²) >= 11 is 0. The maximum atomic E-state index is 5.27. The molecule has 1 fully saturated rings. The van der Waals surface area contributed by atoms with Crippen molar-refractivity contribution >= 4 is 0 Å². The van der Waals surface area contributed by atoms with E-state index in [2.05, 4.69) is 40.4 Å². The number of nitrogens with one attached hydrogen (secondary N) is 3. The van der Waals surface area contributed by atoms with Crippen molar-refractivity contribution in [3.05, 3.63) is 59.7 Å². The summed E-state index contributed by atoms with van der Waals surface area (Å²) in [6.07, 6.45) is 0. The molecule has 0 aliphatic carbocycles. The molecule has 2 aromatic carbocycles. The Morgan fingerprint density at radius 1 is 1.04 bits per heavy atom. The van der Waals surface area contributed by atoms with Crippen LogP contribution in [0.2, 0.25) is 0 Å². The highest BCUT2D eigenvalue weighted by molar-refractivity contribution is 5.30. The van der Waals surface area contributed by atoms with Crippen molar-refractivity contribution in [2.24, 2.45) is 5.92 Å². The van der Waals surface area contributed by atoms with E-state index >= 15 is 0 Å². The van der Waals surface area contributed by atoms with Crippen LogP contribution in [0.4, 0.5) is 0 Å². The van der Waals surface area contributed by atoms with Gasteiger partial charge in [0.2, 0.25) is 0 Å². The second-order valence-electron chi connectivity index (χ2n) is 6.02. The molecule has 3 rings (SSSR count). The fourth-order valence-corrected chi connectivity index (χ4v) is 3.08. The van der Waals surface area contributed by atoms with E-state index in [-0.39, 0.29) is 0 Å². The molecule has 2 aromatic rings. The van der Waals surface area contributed by atoms with Gasteiger partial charge in [0, 0.05) is 25.6 Å². The molecule has 0 amide bonds. The van der Waals surface area contributed by atoms with Crippen LogP contribution in [-0.2, 0) is 6.54 Å². The maximum Gasteiger partial charge on any atom is 0.119 e. The Kier molecular flexibility index (Phi) is 5.69. The Hall–Kier alpha value is -2.08. The highest BCUT2D eigenvalue weighted by Gasteiger charge is 2.27. The van der Waals surface area contributed by atoms with E-state index in [0.717, 1.165) is 31.1 Å². The third-order valence-corrected chi connectivity index (χ3v) is 4.44. The van der Waals surface area contributed by atoms with Gasteiger partial charge in [0.05, 0.1) is 20.3 Å². The summed E-state index contributed by atoms with van der Waals surface area (Å²) in [6.45, 7) is 2.72. The van der Waals surface area contributed by atoms with Crippen molar-refractivity contribution in [1.82, 2.24) is 16.2 Å². The summed E-state index contributed by atoms with van der Waals surface area (Å²) in [5.74, 6) is 2.27. The van der Waals surface area contributed by atoms with Gasteiger partial charge in [0.25, 0.3) is 0 Å². The first-order valence-corrected chi connectivity index (χ1v) is 8.26. The van der Waals surface area contributed by atoms with Gasteiger partial charge < -0.3 is 14.8 Å². The fraction of sp³-hybridized carbons (Fsp3) is 0.368. The van der Waals surface area contributed by atoms with Gasteiger partial charge in [-0.15, -0.1) is 0 Å². The van der Waals surface area contributed by atoms with Crippen LogP contribution in [0, 0.1) is 5.92 Å². The van der Waals surface area contributed by atoms with Gasteiger partial charge in [0.15, 0.2) is 0 Å². The minimum Gasteiger partial charge on any atom is -0.497 e. The lowest BCUT2D eigenvalue weighted by atomic mass is 9.95. The van der Waals surface area contributed by atoms with Crippen LogP contribution in [0.1, 0.15) is 17.2 Å². The van der Waals surface area contributed by atoms with Crippen LogP contribution < -0.4 is 25.6 Å². The Labute approximate surface area is 143 Å². The molecule has 0 bridgehead atoms. The zero-order chi connectivity index (χ0) is 16.8. The van der Waals surface area contributed by atoms with Crippen molar-refractivity contribution in [2.45, 2.75) is 12.6 Å². The third kappa shape index (κ3) is 4.06. The van der Waals surface area contributed by atoms with Crippen LogP contribution in [0.15, 0.2) is 48.5 Å². The Balaban J connectivity index is 1.55. The molecule has 3 N–H and O–H groups in total. The zero-order valence-electron chi connectivity index (χ0n) is 14.2. The van der Waals surface area contributed by atoms with Gasteiger partial charge in [-0.1, -0.05) is 24.3 Å². The molecule has 2 unspecified atom stereocenters. The van der Waals surface area contributed by atoms with E-state index in [0.29, 0.717) is 12.0 Å². The van der Waals surface area contributed by atoms with Crippen LogP contribution in [0.5, 0.6) is 11.5 Å². The maximum absolute atomic E-state index is 5.27. The molecule has 0 saturated carbocycles. The van der Waals surface area contributed by atoms with Crippen molar-refractivity contribution < 1.29 is 9.47 Å². The van der Waals surface area contributed by atoms with Crippen LogP contribution >= 0.6 is 0 Å². The average Bonchev–Trinajstić information content (AvgIpc) is 3.10. The number of rotatable bonds is 7. The molecular formula is C19H25N3O2. The monoisotopic (exact) mass is 327 g/mol. The molecule has 24 heavy (non-hydrogen) atoms. The molecule has 1 aliphatic rings. The van der Waals surface area contributed by atoms with Crippen LogP contribution in [0.25, 0.3) is 0 Å². The van der Waals surface area contributed by atoms with Gasteiger partial charge >= 0.3 is 0 Å². The average molecular weight is 327 g/mol. The number of methoxy groups -OCH3 is 2. The molecule has 1 aliphatic heterocycles. The van der Waals surface area contributed by atoms with Gasteiger partial charge in [-0.05, 0) is 35.4 Å². The minimum atomic E-state index is 0.300. The first kappa shape index (κ1) is 16.8. The van der Waals surface area contributed by atoms with Gasteiger partial charge in [-0.2, -0.15) is 0 Å². The lowest BCUT2D eigenvalue weighted by Crippen LogP contribution is -2.28. The lowest BCUT2D eigenvalue weighted by Gasteiger charge is -2.19. The highest BCUT2D eigenvalue weighted by atomic mass is 16.5. The fourth-order valence-electron chi connectivity index (χ4n) is 3.08. The van der Waals surface area contributed by atoms with E-state index < -0.39 is 0 Å². The summed E-state index contributed by atoms with van der Waals surface area (Å²) < 4.78 is 10.5. The second-order valence-corrected chi connectivity index (χ2v) is 6.02. The molecule has 0 radical (unpaired) electrons. The Bertz CT molecular complexity index is 645. The van der Waals surface area contributed by atoms with E-state index in [1.807, 2.05) is 24.3 Å². The minimum absolute atomic E-state index is 0.300. The molecular weight excluding hydrogens is 302 g/mol. The molecule has 5 heteroatoms. The lowest BCUT2D eigenvalue weighted by molar-refractivity contribution is 0.411. The van der Waals surface area contributed by atoms with E-state index in [1.165, 1.54) is 11.1 Å². The van der Waals surface area contributed by atoms with Crippen LogP contribution in [-0.4, -0.2) is 27.3 Å². The number of ether oxygens (including phenoxy) is 2. The van der Waals surface area contributed by atoms with Crippen LogP contribution in [0.3, 0.4) is 0 Å². The number of benzene rings is 2. The molecule has 1 saturated heterocycles. The third-order valence-electron chi connectivity index (χ3n) is 4.44. The zero-order valence-corrected chi connectivity index (χ0v) is 14.2. The van der Waals surface area contributed by atoms with Gasteiger partial charge in [0.1, 0.15) is 11.5 Å². The molecule has 0 spiro atoms. The van der Waals surface area contributed by atoms with E-state index in [9.17, 15) is 0 Å². The molecule has 0 aromatic heterocycles. The number of hydrogen-bond acceptors (Lipinski definition) is 5. The summed E-state index contributed by atoms with van der Waals surface area (Å²) in [7, 11) is 3.39. The largest absolute Gasteiger partial charge is 0.497 e. The van der Waals surface area contributed by atoms with Gasteiger partial charge in [-0.25, -0.2) is 5.43 Å². The topological polar surface area (TPSA) is 54.5 Å². The summed E-state index contributed by atoms with van der Waals surface area (Å²) in [6, 6.07) is 16.7. The predicted octanol–water partition coefficient (Wildman–Crippen LogP) is 2.26. The molecule has 2 atom stereocenters.